The quantitative estimate of drug-likeness (QED) is 0.787. The van der Waals surface area contributed by atoms with Gasteiger partial charge in [-0.1, -0.05) is 13.8 Å². The summed E-state index contributed by atoms with van der Waals surface area (Å²) in [5.74, 6) is 0.886. The summed E-state index contributed by atoms with van der Waals surface area (Å²) >= 11 is 4.96. The van der Waals surface area contributed by atoms with Gasteiger partial charge in [0.15, 0.2) is 5.78 Å². The van der Waals surface area contributed by atoms with Crippen LogP contribution in [0.4, 0.5) is 0 Å². The minimum absolute atomic E-state index is 0.249. The van der Waals surface area contributed by atoms with Crippen molar-refractivity contribution < 1.29 is 4.79 Å². The number of ketones is 1. The zero-order valence-electron chi connectivity index (χ0n) is 10.3. The van der Waals surface area contributed by atoms with Gasteiger partial charge in [-0.2, -0.15) is 0 Å². The molecule has 0 aliphatic carbocycles. The maximum atomic E-state index is 12.2. The summed E-state index contributed by atoms with van der Waals surface area (Å²) in [7, 11) is 0. The number of Topliss-reactive ketones (excluding diaryl/α,β-unsaturated/α-hetero) is 1. The van der Waals surface area contributed by atoms with E-state index in [0.717, 1.165) is 15.9 Å². The average Bonchev–Trinajstić information content (AvgIpc) is 2.86. The van der Waals surface area contributed by atoms with Gasteiger partial charge in [-0.25, -0.2) is 0 Å². The van der Waals surface area contributed by atoms with E-state index in [1.165, 1.54) is 24.2 Å². The first-order chi connectivity index (χ1) is 8.09. The van der Waals surface area contributed by atoms with Gasteiger partial charge in [-0.05, 0) is 52.7 Å². The van der Waals surface area contributed by atoms with Crippen molar-refractivity contribution in [1.82, 2.24) is 4.90 Å². The first-order valence-electron chi connectivity index (χ1n) is 6.10. The van der Waals surface area contributed by atoms with Crippen molar-refractivity contribution in [3.05, 3.63) is 20.8 Å². The molecule has 1 aromatic rings. The Bertz CT molecular complexity index is 402. The number of likely N-dealkylation sites (tertiary alicyclic amines) is 1. The standard InChI is InChI=1S/C13H18BrNOS/c1-9(2)11-4-3-6-15(11)8-12(16)13-10(14)5-7-17-13/h5,7,9,11H,3-4,6,8H2,1-2H3. The lowest BCUT2D eigenvalue weighted by Gasteiger charge is -2.26. The third-order valence-electron chi connectivity index (χ3n) is 3.40. The van der Waals surface area contributed by atoms with Gasteiger partial charge in [0, 0.05) is 10.5 Å². The molecule has 2 nitrogen and oxygen atoms in total. The molecule has 1 atom stereocenters. The van der Waals surface area contributed by atoms with E-state index in [1.807, 2.05) is 11.4 Å². The number of hydrogen-bond donors (Lipinski definition) is 0. The lowest BCUT2D eigenvalue weighted by molar-refractivity contribution is 0.0907. The second-order valence-corrected chi connectivity index (χ2v) is 6.72. The van der Waals surface area contributed by atoms with Crippen LogP contribution in [0.25, 0.3) is 0 Å². The number of rotatable bonds is 4. The summed E-state index contributed by atoms with van der Waals surface area (Å²) in [6.45, 7) is 6.13. The summed E-state index contributed by atoms with van der Waals surface area (Å²) in [5.41, 5.74) is 0. The van der Waals surface area contributed by atoms with Gasteiger partial charge in [-0.3, -0.25) is 9.69 Å². The molecule has 0 saturated carbocycles. The highest BCUT2D eigenvalue weighted by Gasteiger charge is 2.29. The molecule has 4 heteroatoms. The Kier molecular flexibility index (Phi) is 4.39. The van der Waals surface area contributed by atoms with Crippen LogP contribution in [0, 0.1) is 5.92 Å². The molecule has 0 spiro atoms. The third kappa shape index (κ3) is 2.98. The molecule has 1 unspecified atom stereocenters. The Balaban J connectivity index is 2.02. The van der Waals surface area contributed by atoms with Gasteiger partial charge in [-0.15, -0.1) is 11.3 Å². The van der Waals surface area contributed by atoms with Gasteiger partial charge in [0.2, 0.25) is 0 Å². The van der Waals surface area contributed by atoms with Crippen molar-refractivity contribution in [1.29, 1.82) is 0 Å². The maximum absolute atomic E-state index is 12.2. The van der Waals surface area contributed by atoms with Crippen LogP contribution in [-0.2, 0) is 0 Å². The molecule has 0 aromatic carbocycles. The molecule has 2 rings (SSSR count). The van der Waals surface area contributed by atoms with Crippen LogP contribution in [0.15, 0.2) is 15.9 Å². The Morgan fingerprint density at radius 1 is 1.65 bits per heavy atom. The summed E-state index contributed by atoms with van der Waals surface area (Å²) in [6, 6.07) is 2.53. The van der Waals surface area contributed by atoms with Crippen molar-refractivity contribution in [2.45, 2.75) is 32.7 Å². The summed E-state index contributed by atoms with van der Waals surface area (Å²) < 4.78 is 0.938. The van der Waals surface area contributed by atoms with E-state index in [2.05, 4.69) is 34.7 Å². The summed E-state index contributed by atoms with van der Waals surface area (Å²) in [6.07, 6.45) is 2.46. The van der Waals surface area contributed by atoms with Crippen LogP contribution >= 0.6 is 27.3 Å². The monoisotopic (exact) mass is 315 g/mol. The largest absolute Gasteiger partial charge is 0.293 e. The van der Waals surface area contributed by atoms with Gasteiger partial charge < -0.3 is 0 Å². The molecule has 1 aliphatic heterocycles. The molecular formula is C13H18BrNOS. The molecule has 1 saturated heterocycles. The molecule has 0 bridgehead atoms. The molecular weight excluding hydrogens is 298 g/mol. The zero-order chi connectivity index (χ0) is 12.4. The Hall–Kier alpha value is -0.190. The van der Waals surface area contributed by atoms with E-state index >= 15 is 0 Å². The second-order valence-electron chi connectivity index (χ2n) is 4.94. The van der Waals surface area contributed by atoms with Crippen LogP contribution in [0.5, 0.6) is 0 Å². The van der Waals surface area contributed by atoms with E-state index in [9.17, 15) is 4.79 Å². The first kappa shape index (κ1) is 13.2. The number of carbonyl (C=O) groups excluding carboxylic acids is 1. The van der Waals surface area contributed by atoms with E-state index in [0.29, 0.717) is 18.5 Å². The highest BCUT2D eigenvalue weighted by molar-refractivity contribution is 9.10. The van der Waals surface area contributed by atoms with Crippen LogP contribution < -0.4 is 0 Å². The molecule has 0 radical (unpaired) electrons. The smallest absolute Gasteiger partial charge is 0.187 e. The maximum Gasteiger partial charge on any atom is 0.187 e. The Morgan fingerprint density at radius 2 is 2.41 bits per heavy atom. The van der Waals surface area contributed by atoms with E-state index in [1.54, 1.807) is 0 Å². The lowest BCUT2D eigenvalue weighted by Crippen LogP contribution is -2.37. The topological polar surface area (TPSA) is 20.3 Å². The predicted octanol–water partition coefficient (Wildman–Crippen LogP) is 3.81. The van der Waals surface area contributed by atoms with E-state index < -0.39 is 0 Å². The zero-order valence-corrected chi connectivity index (χ0v) is 12.7. The lowest BCUT2D eigenvalue weighted by atomic mass is 10.0. The molecule has 1 fully saturated rings. The minimum Gasteiger partial charge on any atom is -0.293 e. The highest BCUT2D eigenvalue weighted by Crippen LogP contribution is 2.27. The number of thiophene rings is 1. The van der Waals surface area contributed by atoms with Crippen molar-refractivity contribution in [3.8, 4) is 0 Å². The van der Waals surface area contributed by atoms with Crippen LogP contribution in [0.2, 0.25) is 0 Å². The number of carbonyl (C=O) groups is 1. The molecule has 0 N–H and O–H groups in total. The van der Waals surface area contributed by atoms with Crippen molar-refractivity contribution >= 4 is 33.0 Å². The minimum atomic E-state index is 0.249. The second kappa shape index (κ2) is 5.63. The van der Waals surface area contributed by atoms with Gasteiger partial charge in [0.25, 0.3) is 0 Å². The van der Waals surface area contributed by atoms with Gasteiger partial charge >= 0.3 is 0 Å². The summed E-state index contributed by atoms with van der Waals surface area (Å²) in [5, 5.41) is 1.96. The van der Waals surface area contributed by atoms with Crippen LogP contribution in [-0.4, -0.2) is 29.8 Å². The molecule has 17 heavy (non-hydrogen) atoms. The van der Waals surface area contributed by atoms with Crippen LogP contribution in [0.1, 0.15) is 36.4 Å². The fourth-order valence-electron chi connectivity index (χ4n) is 2.55. The molecule has 0 amide bonds. The molecule has 1 aromatic heterocycles. The Labute approximate surface area is 115 Å². The van der Waals surface area contributed by atoms with E-state index in [-0.39, 0.29) is 5.78 Å². The Morgan fingerprint density at radius 3 is 3.00 bits per heavy atom. The fraction of sp³-hybridized carbons (Fsp3) is 0.615. The molecule has 94 valence electrons. The van der Waals surface area contributed by atoms with Crippen molar-refractivity contribution in [3.63, 3.8) is 0 Å². The SMILES string of the molecule is CC(C)C1CCCN1CC(=O)c1sccc1Br. The average molecular weight is 316 g/mol. The highest BCUT2D eigenvalue weighted by atomic mass is 79.9. The number of halogens is 1. The van der Waals surface area contributed by atoms with Gasteiger partial charge in [0.05, 0.1) is 11.4 Å². The normalized spacial score (nSPS) is 21.3. The van der Waals surface area contributed by atoms with Gasteiger partial charge in [0.1, 0.15) is 0 Å². The number of hydrogen-bond acceptors (Lipinski definition) is 3. The van der Waals surface area contributed by atoms with Crippen molar-refractivity contribution in [2.24, 2.45) is 5.92 Å². The molecule has 1 aliphatic rings. The predicted molar refractivity (Wildman–Crippen MR) is 75.8 cm³/mol. The fourth-order valence-corrected chi connectivity index (χ4v) is 4.08. The third-order valence-corrected chi connectivity index (χ3v) is 5.28. The summed E-state index contributed by atoms with van der Waals surface area (Å²) in [4.78, 5) is 15.4. The van der Waals surface area contributed by atoms with E-state index in [4.69, 9.17) is 0 Å². The number of nitrogens with zero attached hydrogens (tertiary/aromatic N) is 1. The molecule has 2 heterocycles. The van der Waals surface area contributed by atoms with Crippen LogP contribution in [0.3, 0.4) is 0 Å². The van der Waals surface area contributed by atoms with Crippen molar-refractivity contribution in [2.75, 3.05) is 13.1 Å². The first-order valence-corrected chi connectivity index (χ1v) is 7.77.